The molecular formula is C35H34N2O6. The molecule has 0 saturated heterocycles. The van der Waals surface area contributed by atoms with Crippen LogP contribution in [0.2, 0.25) is 0 Å². The second kappa shape index (κ2) is 13.2. The molecule has 0 fully saturated rings. The van der Waals surface area contributed by atoms with Gasteiger partial charge in [-0.05, 0) is 58.9 Å². The van der Waals surface area contributed by atoms with E-state index in [1.165, 1.54) is 0 Å². The van der Waals surface area contributed by atoms with Crippen LogP contribution in [0.3, 0.4) is 0 Å². The Morgan fingerprint density at radius 1 is 0.814 bits per heavy atom. The van der Waals surface area contributed by atoms with Crippen molar-refractivity contribution in [2.75, 3.05) is 13.7 Å². The molecule has 5 rings (SSSR count). The van der Waals surface area contributed by atoms with Gasteiger partial charge < -0.3 is 25.3 Å². The summed E-state index contributed by atoms with van der Waals surface area (Å²) in [5.41, 5.74) is 12.3. The van der Waals surface area contributed by atoms with Crippen molar-refractivity contribution in [3.63, 3.8) is 0 Å². The Hall–Kier alpha value is -5.11. The van der Waals surface area contributed by atoms with Crippen molar-refractivity contribution in [1.29, 1.82) is 0 Å². The number of carbonyl (C=O) groups excluding carboxylic acids is 3. The number of primary amides is 1. The van der Waals surface area contributed by atoms with E-state index in [0.717, 1.165) is 33.4 Å². The van der Waals surface area contributed by atoms with E-state index in [1.54, 1.807) is 19.2 Å². The number of esters is 1. The van der Waals surface area contributed by atoms with Gasteiger partial charge in [0, 0.05) is 12.3 Å². The number of hydrogen-bond acceptors (Lipinski definition) is 6. The monoisotopic (exact) mass is 578 g/mol. The van der Waals surface area contributed by atoms with Gasteiger partial charge in [-0.3, -0.25) is 4.79 Å². The number of methoxy groups -OCH3 is 1. The summed E-state index contributed by atoms with van der Waals surface area (Å²) in [4.78, 5) is 38.2. The molecule has 0 bridgehead atoms. The van der Waals surface area contributed by atoms with Crippen LogP contribution < -0.4 is 15.8 Å². The first-order valence-electron chi connectivity index (χ1n) is 14.1. The van der Waals surface area contributed by atoms with Crippen molar-refractivity contribution in [3.05, 3.63) is 125 Å². The van der Waals surface area contributed by atoms with E-state index < -0.39 is 30.1 Å². The number of alkyl carbamates (subject to hydrolysis) is 1. The number of nitrogens with one attached hydrogen (secondary N) is 1. The average Bonchev–Trinajstić information content (AvgIpc) is 3.34. The smallest absolute Gasteiger partial charge is 0.407 e. The molecule has 0 saturated carbocycles. The molecule has 220 valence electrons. The molecule has 3 N–H and O–H groups in total. The number of nitrogens with two attached hydrogens (primary N) is 1. The van der Waals surface area contributed by atoms with Crippen LogP contribution in [0.25, 0.3) is 11.1 Å². The molecule has 0 spiro atoms. The van der Waals surface area contributed by atoms with Gasteiger partial charge in [-0.25, -0.2) is 9.59 Å². The second-order valence-corrected chi connectivity index (χ2v) is 10.5. The van der Waals surface area contributed by atoms with E-state index in [2.05, 4.69) is 17.4 Å². The number of ether oxygens (including phenoxy) is 3. The molecular weight excluding hydrogens is 544 g/mol. The Morgan fingerprint density at radius 3 is 1.93 bits per heavy atom. The van der Waals surface area contributed by atoms with Crippen LogP contribution in [0, 0.1) is 6.92 Å². The third-order valence-electron chi connectivity index (χ3n) is 7.63. The van der Waals surface area contributed by atoms with Gasteiger partial charge >= 0.3 is 12.1 Å². The Kier molecular flexibility index (Phi) is 9.05. The Morgan fingerprint density at radius 2 is 1.37 bits per heavy atom. The fourth-order valence-electron chi connectivity index (χ4n) is 5.36. The van der Waals surface area contributed by atoms with Crippen molar-refractivity contribution in [2.24, 2.45) is 5.73 Å². The first-order valence-corrected chi connectivity index (χ1v) is 14.1. The number of hydrogen-bond donors (Lipinski definition) is 2. The van der Waals surface area contributed by atoms with Crippen molar-refractivity contribution in [2.45, 2.75) is 37.8 Å². The molecule has 0 aromatic heterocycles. The van der Waals surface area contributed by atoms with E-state index in [0.29, 0.717) is 11.3 Å². The summed E-state index contributed by atoms with van der Waals surface area (Å²) < 4.78 is 16.9. The summed E-state index contributed by atoms with van der Waals surface area (Å²) >= 11 is 0. The van der Waals surface area contributed by atoms with Crippen LogP contribution in [0.4, 0.5) is 4.79 Å². The van der Waals surface area contributed by atoms with Crippen molar-refractivity contribution in [3.8, 4) is 16.9 Å². The lowest BCUT2D eigenvalue weighted by atomic mass is 9.98. The minimum Gasteiger partial charge on any atom is -0.497 e. The van der Waals surface area contributed by atoms with E-state index in [9.17, 15) is 14.4 Å². The highest BCUT2D eigenvalue weighted by molar-refractivity contribution is 5.83. The molecule has 0 heterocycles. The van der Waals surface area contributed by atoms with Gasteiger partial charge in [0.05, 0.1) is 7.11 Å². The van der Waals surface area contributed by atoms with Gasteiger partial charge in [0.25, 0.3) is 0 Å². The topological polar surface area (TPSA) is 117 Å². The molecule has 1 aliphatic carbocycles. The van der Waals surface area contributed by atoms with E-state index >= 15 is 0 Å². The van der Waals surface area contributed by atoms with Crippen molar-refractivity contribution in [1.82, 2.24) is 5.32 Å². The summed E-state index contributed by atoms with van der Waals surface area (Å²) in [7, 11) is 1.57. The van der Waals surface area contributed by atoms with E-state index in [-0.39, 0.29) is 25.4 Å². The largest absolute Gasteiger partial charge is 0.497 e. The minimum absolute atomic E-state index is 0.0401. The molecule has 0 aliphatic heterocycles. The van der Waals surface area contributed by atoms with Gasteiger partial charge in [0.1, 0.15) is 18.4 Å². The third-order valence-corrected chi connectivity index (χ3v) is 7.63. The zero-order chi connectivity index (χ0) is 30.3. The molecule has 1 unspecified atom stereocenters. The summed E-state index contributed by atoms with van der Waals surface area (Å²) in [6.45, 7) is 2.05. The highest BCUT2D eigenvalue weighted by Gasteiger charge is 2.31. The molecule has 8 nitrogen and oxygen atoms in total. The molecule has 4 aromatic carbocycles. The van der Waals surface area contributed by atoms with Gasteiger partial charge in [-0.1, -0.05) is 90.5 Å². The highest BCUT2D eigenvalue weighted by Crippen LogP contribution is 2.44. The van der Waals surface area contributed by atoms with Crippen molar-refractivity contribution < 1.29 is 28.6 Å². The first-order chi connectivity index (χ1) is 20.8. The molecule has 2 atom stereocenters. The van der Waals surface area contributed by atoms with Gasteiger partial charge in [0.2, 0.25) is 5.91 Å². The number of aryl methyl sites for hydroxylation is 1. The number of carbonyl (C=O) groups is 3. The molecule has 2 amide bonds. The standard InChI is InChI=1S/C35H34N2O6/c1-22-11-13-23(14-12-22)33(24-15-17-25(41-2)18-16-24)43-34(39)31(19-20-32(36)38)37-35(40)42-21-30-28-9-5-3-7-26(28)27-8-4-6-10-29(27)30/h3-18,30-31,33H,19-21H2,1-2H3,(H2,36,38)(H,37,40)/t31-,33?/m0/s1. The fraction of sp³-hybridized carbons (Fsp3) is 0.229. The van der Waals surface area contributed by atoms with E-state index in [1.807, 2.05) is 79.7 Å². The summed E-state index contributed by atoms with van der Waals surface area (Å²) in [5.74, 6) is -0.794. The van der Waals surface area contributed by atoms with Gasteiger partial charge in [0.15, 0.2) is 6.10 Å². The zero-order valence-electron chi connectivity index (χ0n) is 24.1. The van der Waals surface area contributed by atoms with Gasteiger partial charge in [-0.15, -0.1) is 0 Å². The lowest BCUT2D eigenvalue weighted by molar-refractivity contribution is -0.150. The molecule has 0 radical (unpaired) electrons. The van der Waals surface area contributed by atoms with Crippen LogP contribution >= 0.6 is 0 Å². The van der Waals surface area contributed by atoms with Crippen LogP contribution in [0.15, 0.2) is 97.1 Å². The Balaban J connectivity index is 1.32. The molecule has 8 heteroatoms. The maximum atomic E-state index is 13.6. The first kappa shape index (κ1) is 29.4. The average molecular weight is 579 g/mol. The molecule has 1 aliphatic rings. The van der Waals surface area contributed by atoms with Gasteiger partial charge in [-0.2, -0.15) is 0 Å². The summed E-state index contributed by atoms with van der Waals surface area (Å²) in [6.07, 6.45) is -1.72. The molecule has 4 aromatic rings. The number of rotatable bonds is 11. The third kappa shape index (κ3) is 6.86. The SMILES string of the molecule is COc1ccc(C(OC(=O)[C@H](CCC(N)=O)NC(=O)OCC2c3ccccc3-c3ccccc32)c2ccc(C)cc2)cc1. The van der Waals surface area contributed by atoms with Crippen LogP contribution in [-0.4, -0.2) is 37.7 Å². The lowest BCUT2D eigenvalue weighted by Crippen LogP contribution is -2.43. The number of amides is 2. The Labute approximate surface area is 250 Å². The minimum atomic E-state index is -1.16. The number of fused-ring (bicyclic) bond motifs is 3. The highest BCUT2D eigenvalue weighted by atomic mass is 16.6. The van der Waals surface area contributed by atoms with Crippen LogP contribution in [-0.2, 0) is 19.1 Å². The van der Waals surface area contributed by atoms with Crippen LogP contribution in [0.1, 0.15) is 52.7 Å². The zero-order valence-corrected chi connectivity index (χ0v) is 24.1. The van der Waals surface area contributed by atoms with E-state index in [4.69, 9.17) is 19.9 Å². The number of benzene rings is 4. The normalized spacial score (nSPS) is 13.3. The summed E-state index contributed by atoms with van der Waals surface area (Å²) in [5, 5.41) is 2.62. The predicted molar refractivity (Wildman–Crippen MR) is 163 cm³/mol. The maximum Gasteiger partial charge on any atom is 0.407 e. The maximum absolute atomic E-state index is 13.6. The Bertz CT molecular complexity index is 1550. The quantitative estimate of drug-likeness (QED) is 0.217. The second-order valence-electron chi connectivity index (χ2n) is 10.5. The lowest BCUT2D eigenvalue weighted by Gasteiger charge is -2.24. The predicted octanol–water partition coefficient (Wildman–Crippen LogP) is 5.81. The summed E-state index contributed by atoms with van der Waals surface area (Å²) in [6, 6.07) is 29.7. The fourth-order valence-corrected chi connectivity index (χ4v) is 5.36. The van der Waals surface area contributed by atoms with Crippen molar-refractivity contribution >= 4 is 18.0 Å². The van der Waals surface area contributed by atoms with Crippen LogP contribution in [0.5, 0.6) is 5.75 Å². The molecule has 43 heavy (non-hydrogen) atoms.